The Balaban J connectivity index is 1.78. The highest BCUT2D eigenvalue weighted by Gasteiger charge is 2.28. The molecule has 2 heterocycles. The maximum absolute atomic E-state index is 12.4. The first kappa shape index (κ1) is 15.6. The Morgan fingerprint density at radius 3 is 2.80 bits per heavy atom. The van der Waals surface area contributed by atoms with E-state index >= 15 is 0 Å². The maximum atomic E-state index is 12.4. The van der Waals surface area contributed by atoms with Crippen LogP contribution in [0.15, 0.2) is 34.9 Å². The van der Waals surface area contributed by atoms with Crippen LogP contribution in [0, 0.1) is 6.92 Å². The summed E-state index contributed by atoms with van der Waals surface area (Å²) < 4.78 is 4.93. The number of primary amides is 1. The third-order valence-corrected chi connectivity index (χ3v) is 5.43. The molecule has 4 rings (SSSR count). The molecule has 0 aliphatic heterocycles. The van der Waals surface area contributed by atoms with E-state index in [2.05, 4.69) is 16.5 Å². The van der Waals surface area contributed by atoms with Crippen molar-refractivity contribution in [1.29, 1.82) is 0 Å². The fourth-order valence-corrected chi connectivity index (χ4v) is 4.44. The highest BCUT2D eigenvalue weighted by molar-refractivity contribution is 7.20. The number of fused-ring (bicyclic) bond motifs is 3. The lowest BCUT2D eigenvalue weighted by atomic mass is 9.89. The number of hydrogen-bond acceptors (Lipinski definition) is 5. The fourth-order valence-electron chi connectivity index (χ4n) is 3.13. The topological polar surface area (TPSA) is 98.2 Å². The summed E-state index contributed by atoms with van der Waals surface area (Å²) in [6, 6.07) is 9.62. The Bertz CT molecular complexity index is 1000. The average Bonchev–Trinajstić information content (AvgIpc) is 3.18. The molecule has 3 aromatic rings. The van der Waals surface area contributed by atoms with Gasteiger partial charge in [0.25, 0.3) is 11.8 Å². The molecule has 0 bridgehead atoms. The molecule has 1 aromatic carbocycles. The monoisotopic (exact) mass is 353 g/mol. The van der Waals surface area contributed by atoms with Crippen LogP contribution in [0.2, 0.25) is 0 Å². The van der Waals surface area contributed by atoms with E-state index in [1.807, 2.05) is 18.2 Å². The number of aromatic nitrogens is 1. The van der Waals surface area contributed by atoms with E-state index in [0.29, 0.717) is 16.3 Å². The average molecular weight is 353 g/mol. The van der Waals surface area contributed by atoms with Gasteiger partial charge in [0, 0.05) is 10.9 Å². The number of rotatable bonds is 3. The van der Waals surface area contributed by atoms with Crippen molar-refractivity contribution in [3.63, 3.8) is 0 Å². The van der Waals surface area contributed by atoms with Gasteiger partial charge in [0.2, 0.25) is 0 Å². The van der Waals surface area contributed by atoms with Gasteiger partial charge in [-0.15, -0.1) is 11.3 Å². The first-order chi connectivity index (χ1) is 12.0. The maximum Gasteiger partial charge on any atom is 0.278 e. The minimum Gasteiger partial charge on any atom is -0.365 e. The predicted octanol–water partition coefficient (Wildman–Crippen LogP) is 3.16. The van der Waals surface area contributed by atoms with E-state index in [4.69, 9.17) is 10.3 Å². The normalized spacial score (nSPS) is 12.4. The van der Waals surface area contributed by atoms with Gasteiger partial charge in [-0.2, -0.15) is 0 Å². The fraction of sp³-hybridized carbons (Fsp3) is 0.167. The molecule has 1 aliphatic carbocycles. The zero-order chi connectivity index (χ0) is 17.6. The molecule has 0 fully saturated rings. The van der Waals surface area contributed by atoms with Crippen molar-refractivity contribution in [3.05, 3.63) is 58.5 Å². The van der Waals surface area contributed by atoms with Crippen molar-refractivity contribution < 1.29 is 14.1 Å². The molecule has 7 heteroatoms. The van der Waals surface area contributed by atoms with Gasteiger partial charge in [-0.25, -0.2) is 0 Å². The van der Waals surface area contributed by atoms with Gasteiger partial charge in [-0.1, -0.05) is 29.4 Å². The van der Waals surface area contributed by atoms with Gasteiger partial charge in [-0.05, 0) is 36.5 Å². The van der Waals surface area contributed by atoms with E-state index in [1.165, 1.54) is 16.9 Å². The zero-order valence-corrected chi connectivity index (χ0v) is 14.3. The standard InChI is InChI=1S/C18H15N3O3S/c1-9-8-13(21-24-9)17(23)20-18-14(16(19)22)12-7-6-10-4-2-3-5-11(10)15(12)25-18/h2-5,8H,6-7H2,1H3,(H2,19,22)(H,20,23). The number of nitrogens with one attached hydrogen (secondary N) is 1. The molecule has 0 saturated heterocycles. The van der Waals surface area contributed by atoms with Crippen molar-refractivity contribution >= 4 is 28.2 Å². The molecular formula is C18H15N3O3S. The van der Waals surface area contributed by atoms with Crippen LogP contribution in [-0.4, -0.2) is 17.0 Å². The molecule has 25 heavy (non-hydrogen) atoms. The summed E-state index contributed by atoms with van der Waals surface area (Å²) in [7, 11) is 0. The largest absolute Gasteiger partial charge is 0.365 e. The van der Waals surface area contributed by atoms with E-state index in [0.717, 1.165) is 28.8 Å². The Kier molecular flexibility index (Phi) is 3.65. The summed E-state index contributed by atoms with van der Waals surface area (Å²) in [5.74, 6) is -0.422. The van der Waals surface area contributed by atoms with Crippen molar-refractivity contribution in [2.75, 3.05) is 5.32 Å². The number of carbonyl (C=O) groups excluding carboxylic acids is 2. The second-order valence-electron chi connectivity index (χ2n) is 5.91. The smallest absolute Gasteiger partial charge is 0.278 e. The van der Waals surface area contributed by atoms with Crippen molar-refractivity contribution in [3.8, 4) is 10.4 Å². The number of carbonyl (C=O) groups is 2. The van der Waals surface area contributed by atoms with Crippen LogP contribution < -0.4 is 11.1 Å². The van der Waals surface area contributed by atoms with E-state index in [9.17, 15) is 9.59 Å². The number of nitrogens with zero attached hydrogens (tertiary/aromatic N) is 1. The molecular weight excluding hydrogens is 338 g/mol. The van der Waals surface area contributed by atoms with Gasteiger partial charge in [0.1, 0.15) is 10.8 Å². The first-order valence-corrected chi connectivity index (χ1v) is 8.64. The first-order valence-electron chi connectivity index (χ1n) is 7.83. The van der Waals surface area contributed by atoms with Crippen molar-refractivity contribution in [1.82, 2.24) is 5.16 Å². The lowest BCUT2D eigenvalue weighted by molar-refractivity contribution is 0.100. The number of benzene rings is 1. The van der Waals surface area contributed by atoms with Crippen LogP contribution >= 0.6 is 11.3 Å². The predicted molar refractivity (Wildman–Crippen MR) is 94.9 cm³/mol. The molecule has 6 nitrogen and oxygen atoms in total. The Morgan fingerprint density at radius 2 is 2.08 bits per heavy atom. The van der Waals surface area contributed by atoms with Crippen molar-refractivity contribution in [2.24, 2.45) is 5.73 Å². The number of thiophene rings is 1. The third-order valence-electron chi connectivity index (χ3n) is 4.25. The molecule has 0 atom stereocenters. The van der Waals surface area contributed by atoms with Crippen LogP contribution in [0.25, 0.3) is 10.4 Å². The van der Waals surface area contributed by atoms with Gasteiger partial charge >= 0.3 is 0 Å². The Morgan fingerprint density at radius 1 is 1.28 bits per heavy atom. The SMILES string of the molecule is Cc1cc(C(=O)Nc2sc3c(c2C(N)=O)CCc2ccccc2-3)no1. The minimum absolute atomic E-state index is 0.166. The number of anilines is 1. The van der Waals surface area contributed by atoms with E-state index < -0.39 is 11.8 Å². The lowest BCUT2D eigenvalue weighted by Crippen LogP contribution is -2.18. The summed E-state index contributed by atoms with van der Waals surface area (Å²) >= 11 is 1.37. The summed E-state index contributed by atoms with van der Waals surface area (Å²) in [5, 5.41) is 6.93. The highest BCUT2D eigenvalue weighted by Crippen LogP contribution is 2.45. The number of aryl methyl sites for hydroxylation is 2. The van der Waals surface area contributed by atoms with E-state index in [1.54, 1.807) is 13.0 Å². The third kappa shape index (κ3) is 2.62. The molecule has 0 saturated carbocycles. The molecule has 2 amide bonds. The van der Waals surface area contributed by atoms with Gasteiger partial charge in [0.05, 0.1) is 5.56 Å². The second kappa shape index (κ2) is 5.86. The summed E-state index contributed by atoms with van der Waals surface area (Å²) in [6.45, 7) is 1.71. The number of amides is 2. The number of hydrogen-bond donors (Lipinski definition) is 2. The highest BCUT2D eigenvalue weighted by atomic mass is 32.1. The van der Waals surface area contributed by atoms with Gasteiger partial charge < -0.3 is 15.6 Å². The van der Waals surface area contributed by atoms with Crippen LogP contribution in [-0.2, 0) is 12.8 Å². The van der Waals surface area contributed by atoms with Crippen LogP contribution in [0.4, 0.5) is 5.00 Å². The molecule has 2 aromatic heterocycles. The minimum atomic E-state index is -0.538. The van der Waals surface area contributed by atoms with E-state index in [-0.39, 0.29) is 5.69 Å². The quantitative estimate of drug-likeness (QED) is 0.755. The zero-order valence-electron chi connectivity index (χ0n) is 13.5. The van der Waals surface area contributed by atoms with Gasteiger partial charge in [0.15, 0.2) is 5.69 Å². The Labute approximate surface area is 147 Å². The molecule has 1 aliphatic rings. The molecule has 126 valence electrons. The second-order valence-corrected chi connectivity index (χ2v) is 6.93. The summed E-state index contributed by atoms with van der Waals surface area (Å²) in [6.07, 6.45) is 1.57. The van der Waals surface area contributed by atoms with Crippen molar-refractivity contribution in [2.45, 2.75) is 19.8 Å². The van der Waals surface area contributed by atoms with Crippen LogP contribution in [0.5, 0.6) is 0 Å². The summed E-state index contributed by atoms with van der Waals surface area (Å²) in [4.78, 5) is 25.4. The van der Waals surface area contributed by atoms with Crippen LogP contribution in [0.1, 0.15) is 37.7 Å². The molecule has 0 unspecified atom stereocenters. The summed E-state index contributed by atoms with van der Waals surface area (Å²) in [5.41, 5.74) is 9.39. The lowest BCUT2D eigenvalue weighted by Gasteiger charge is -2.16. The molecule has 0 radical (unpaired) electrons. The molecule has 3 N–H and O–H groups in total. The Hall–Kier alpha value is -2.93. The molecule has 0 spiro atoms. The van der Waals surface area contributed by atoms with Gasteiger partial charge in [-0.3, -0.25) is 9.59 Å². The van der Waals surface area contributed by atoms with Crippen LogP contribution in [0.3, 0.4) is 0 Å². The number of nitrogens with two attached hydrogens (primary N) is 1.